The predicted octanol–water partition coefficient (Wildman–Crippen LogP) is 2.44. The van der Waals surface area contributed by atoms with Gasteiger partial charge in [0.2, 0.25) is 0 Å². The summed E-state index contributed by atoms with van der Waals surface area (Å²) >= 11 is 3.13. The maximum Gasteiger partial charge on any atom is 0.344 e. The lowest BCUT2D eigenvalue weighted by Gasteiger charge is -2.10. The van der Waals surface area contributed by atoms with Crippen molar-refractivity contribution in [1.82, 2.24) is 0 Å². The van der Waals surface area contributed by atoms with Gasteiger partial charge in [0.25, 0.3) is 0 Å². The zero-order valence-corrected chi connectivity index (χ0v) is 8.92. The fourth-order valence-corrected chi connectivity index (χ4v) is 1.15. The smallest absolute Gasteiger partial charge is 0.344 e. The van der Waals surface area contributed by atoms with E-state index in [1.54, 1.807) is 0 Å². The molecule has 0 aliphatic carbocycles. The second-order valence-corrected chi connectivity index (χ2v) is 3.59. The van der Waals surface area contributed by atoms with Gasteiger partial charge >= 0.3 is 5.97 Å². The summed E-state index contributed by atoms with van der Waals surface area (Å²) in [5.41, 5.74) is 0. The van der Waals surface area contributed by atoms with Crippen molar-refractivity contribution >= 4 is 21.9 Å². The largest absolute Gasteiger partial charge is 0.479 e. The average molecular weight is 263 g/mol. The van der Waals surface area contributed by atoms with Gasteiger partial charge < -0.3 is 9.84 Å². The van der Waals surface area contributed by atoms with Crippen molar-refractivity contribution in [2.24, 2.45) is 0 Å². The molecular formula is C9H8BrFO3. The van der Waals surface area contributed by atoms with E-state index in [-0.39, 0.29) is 5.75 Å². The lowest BCUT2D eigenvalue weighted by molar-refractivity contribution is -0.144. The van der Waals surface area contributed by atoms with Crippen LogP contribution in [0.1, 0.15) is 6.92 Å². The minimum absolute atomic E-state index is 0.0747. The summed E-state index contributed by atoms with van der Waals surface area (Å²) in [6.07, 6.45) is -1.07. The third-order valence-electron chi connectivity index (χ3n) is 1.54. The Labute approximate surface area is 88.6 Å². The first-order valence-corrected chi connectivity index (χ1v) is 4.64. The first-order chi connectivity index (χ1) is 6.50. The van der Waals surface area contributed by atoms with Crippen molar-refractivity contribution in [2.45, 2.75) is 13.0 Å². The zero-order chi connectivity index (χ0) is 10.7. The molecule has 0 aromatic heterocycles. The molecule has 1 N–H and O–H groups in total. The number of ether oxygens (including phenoxy) is 1. The zero-order valence-electron chi connectivity index (χ0n) is 7.33. The summed E-state index contributed by atoms with van der Waals surface area (Å²) < 4.78 is 18.6. The van der Waals surface area contributed by atoms with Gasteiger partial charge in [-0.1, -0.05) is 15.9 Å². The standard InChI is InChI=1S/C9H8BrFO3/c1-5(9(12)13)14-8-4-6(10)2-3-7(8)11/h2-5H,1H3,(H,12,13)/t5-/m1/s1. The molecule has 0 unspecified atom stereocenters. The van der Waals surface area contributed by atoms with Gasteiger partial charge in [0.15, 0.2) is 17.7 Å². The molecule has 14 heavy (non-hydrogen) atoms. The second kappa shape index (κ2) is 4.41. The number of benzene rings is 1. The van der Waals surface area contributed by atoms with Crippen molar-refractivity contribution < 1.29 is 19.0 Å². The van der Waals surface area contributed by atoms with Crippen LogP contribution in [-0.2, 0) is 4.79 Å². The maximum atomic E-state index is 13.1. The van der Waals surface area contributed by atoms with E-state index < -0.39 is 17.9 Å². The molecule has 0 saturated heterocycles. The normalized spacial score (nSPS) is 12.2. The average Bonchev–Trinajstić information content (AvgIpc) is 2.11. The number of aliphatic carboxylic acids is 1. The van der Waals surface area contributed by atoms with Crippen LogP contribution in [0.2, 0.25) is 0 Å². The Morgan fingerprint density at radius 2 is 2.29 bits per heavy atom. The van der Waals surface area contributed by atoms with E-state index in [1.165, 1.54) is 25.1 Å². The van der Waals surface area contributed by atoms with Crippen molar-refractivity contribution in [3.63, 3.8) is 0 Å². The highest BCUT2D eigenvalue weighted by Gasteiger charge is 2.14. The number of hydrogen-bond acceptors (Lipinski definition) is 2. The van der Waals surface area contributed by atoms with E-state index in [9.17, 15) is 9.18 Å². The molecule has 1 atom stereocenters. The van der Waals surface area contributed by atoms with Gasteiger partial charge in [0.1, 0.15) is 0 Å². The van der Waals surface area contributed by atoms with Gasteiger partial charge in [-0.25, -0.2) is 9.18 Å². The fourth-order valence-electron chi connectivity index (χ4n) is 0.808. The van der Waals surface area contributed by atoms with E-state index in [4.69, 9.17) is 9.84 Å². The summed E-state index contributed by atoms with van der Waals surface area (Å²) in [6.45, 7) is 1.34. The number of rotatable bonds is 3. The summed E-state index contributed by atoms with van der Waals surface area (Å²) in [7, 11) is 0. The predicted molar refractivity (Wildman–Crippen MR) is 51.8 cm³/mol. The minimum atomic E-state index is -1.13. The molecule has 1 aromatic rings. The van der Waals surface area contributed by atoms with Gasteiger partial charge in [0.05, 0.1) is 0 Å². The van der Waals surface area contributed by atoms with E-state index in [0.29, 0.717) is 4.47 Å². The highest BCUT2D eigenvalue weighted by molar-refractivity contribution is 9.10. The molecule has 5 heteroatoms. The Morgan fingerprint density at radius 1 is 1.64 bits per heavy atom. The molecule has 0 heterocycles. The minimum Gasteiger partial charge on any atom is -0.479 e. The quantitative estimate of drug-likeness (QED) is 0.910. The van der Waals surface area contributed by atoms with Gasteiger partial charge in [-0.2, -0.15) is 0 Å². The van der Waals surface area contributed by atoms with Crippen molar-refractivity contribution in [3.05, 3.63) is 28.5 Å². The number of carbonyl (C=O) groups is 1. The van der Waals surface area contributed by atoms with Crippen LogP contribution in [0.25, 0.3) is 0 Å². The SMILES string of the molecule is C[C@@H](Oc1cc(Br)ccc1F)C(=O)O. The number of carboxylic acid groups (broad SMARTS) is 1. The molecule has 1 rings (SSSR count). The topological polar surface area (TPSA) is 46.5 Å². The molecule has 0 amide bonds. The third kappa shape index (κ3) is 2.70. The third-order valence-corrected chi connectivity index (χ3v) is 2.04. The highest BCUT2D eigenvalue weighted by Crippen LogP contribution is 2.23. The van der Waals surface area contributed by atoms with Gasteiger partial charge in [-0.05, 0) is 25.1 Å². The van der Waals surface area contributed by atoms with E-state index in [0.717, 1.165) is 0 Å². The number of hydrogen-bond donors (Lipinski definition) is 1. The van der Waals surface area contributed by atoms with E-state index in [2.05, 4.69) is 15.9 Å². The Balaban J connectivity index is 2.85. The summed E-state index contributed by atoms with van der Waals surface area (Å²) in [6, 6.07) is 4.09. The van der Waals surface area contributed by atoms with Crippen LogP contribution in [0.5, 0.6) is 5.75 Å². The molecule has 0 saturated carbocycles. The van der Waals surface area contributed by atoms with Crippen LogP contribution in [0.4, 0.5) is 4.39 Å². The fraction of sp³-hybridized carbons (Fsp3) is 0.222. The molecule has 0 fully saturated rings. The second-order valence-electron chi connectivity index (χ2n) is 2.67. The lowest BCUT2D eigenvalue weighted by atomic mass is 10.3. The molecule has 3 nitrogen and oxygen atoms in total. The Kier molecular flexibility index (Phi) is 3.46. The number of halogens is 2. The molecule has 76 valence electrons. The maximum absolute atomic E-state index is 13.1. The van der Waals surface area contributed by atoms with Crippen molar-refractivity contribution in [1.29, 1.82) is 0 Å². The summed E-state index contributed by atoms with van der Waals surface area (Å²) in [5.74, 6) is -1.79. The Morgan fingerprint density at radius 3 is 2.86 bits per heavy atom. The van der Waals surface area contributed by atoms with Crippen LogP contribution in [0.15, 0.2) is 22.7 Å². The lowest BCUT2D eigenvalue weighted by Crippen LogP contribution is -2.23. The molecule has 0 aliphatic rings. The Bertz CT molecular complexity index is 354. The van der Waals surface area contributed by atoms with Crippen LogP contribution < -0.4 is 4.74 Å². The van der Waals surface area contributed by atoms with Crippen molar-refractivity contribution in [2.75, 3.05) is 0 Å². The van der Waals surface area contributed by atoms with Crippen LogP contribution >= 0.6 is 15.9 Å². The molecule has 1 aromatic carbocycles. The molecule has 0 bridgehead atoms. The monoisotopic (exact) mass is 262 g/mol. The van der Waals surface area contributed by atoms with Crippen molar-refractivity contribution in [3.8, 4) is 5.75 Å². The molecular weight excluding hydrogens is 255 g/mol. The van der Waals surface area contributed by atoms with Gasteiger partial charge in [0, 0.05) is 4.47 Å². The first-order valence-electron chi connectivity index (χ1n) is 3.85. The Hall–Kier alpha value is -1.10. The van der Waals surface area contributed by atoms with Crippen LogP contribution in [0.3, 0.4) is 0 Å². The van der Waals surface area contributed by atoms with Crippen LogP contribution in [0, 0.1) is 5.82 Å². The summed E-state index contributed by atoms with van der Waals surface area (Å²) in [4.78, 5) is 10.4. The van der Waals surface area contributed by atoms with Gasteiger partial charge in [-0.3, -0.25) is 0 Å². The number of carboxylic acids is 1. The highest BCUT2D eigenvalue weighted by atomic mass is 79.9. The van der Waals surface area contributed by atoms with E-state index in [1.807, 2.05) is 0 Å². The molecule has 0 spiro atoms. The van der Waals surface area contributed by atoms with E-state index >= 15 is 0 Å². The molecule has 0 radical (unpaired) electrons. The molecule has 0 aliphatic heterocycles. The van der Waals surface area contributed by atoms with Crippen LogP contribution in [-0.4, -0.2) is 17.2 Å². The van der Waals surface area contributed by atoms with Gasteiger partial charge in [-0.15, -0.1) is 0 Å². The first kappa shape index (κ1) is 11.0. The summed E-state index contributed by atoms with van der Waals surface area (Å²) in [5, 5.41) is 8.54.